The average molecular weight is 395 g/mol. The van der Waals surface area contributed by atoms with Crippen LogP contribution in [-0.4, -0.2) is 37.7 Å². The van der Waals surface area contributed by atoms with Crippen molar-refractivity contribution in [1.82, 2.24) is 24.6 Å². The van der Waals surface area contributed by atoms with Crippen LogP contribution in [0.3, 0.4) is 0 Å². The van der Waals surface area contributed by atoms with Gasteiger partial charge in [-0.3, -0.25) is 9.47 Å². The predicted octanol–water partition coefficient (Wildman–Crippen LogP) is 3.84. The summed E-state index contributed by atoms with van der Waals surface area (Å²) in [7, 11) is 0. The quantitative estimate of drug-likeness (QED) is 0.568. The molecule has 7 nitrogen and oxygen atoms in total. The molecule has 1 aliphatic heterocycles. The highest BCUT2D eigenvalue weighted by atomic mass is 32.1. The van der Waals surface area contributed by atoms with Gasteiger partial charge in [0.2, 0.25) is 5.89 Å². The van der Waals surface area contributed by atoms with Crippen molar-refractivity contribution in [3.8, 4) is 10.8 Å². The highest BCUT2D eigenvalue weighted by Gasteiger charge is 2.29. The number of benzene rings is 1. The van der Waals surface area contributed by atoms with Gasteiger partial charge >= 0.3 is 5.69 Å². The number of nitrogens with zero attached hydrogens (tertiary/aromatic N) is 4. The Morgan fingerprint density at radius 1 is 1.18 bits per heavy atom. The molecule has 0 bridgehead atoms. The van der Waals surface area contributed by atoms with E-state index < -0.39 is 0 Å². The molecule has 1 unspecified atom stereocenters. The van der Waals surface area contributed by atoms with E-state index in [0.29, 0.717) is 11.8 Å². The van der Waals surface area contributed by atoms with Gasteiger partial charge in [-0.25, -0.2) is 4.79 Å². The van der Waals surface area contributed by atoms with Crippen LogP contribution in [-0.2, 0) is 0 Å². The lowest BCUT2D eigenvalue weighted by Crippen LogP contribution is -2.38. The van der Waals surface area contributed by atoms with Gasteiger partial charge in [0, 0.05) is 19.1 Å². The Kier molecular flexibility index (Phi) is 4.37. The number of likely N-dealkylation sites (tertiary alicyclic amines) is 1. The van der Waals surface area contributed by atoms with Crippen molar-refractivity contribution < 1.29 is 4.42 Å². The van der Waals surface area contributed by atoms with Gasteiger partial charge in [0.05, 0.1) is 22.0 Å². The second-order valence-corrected chi connectivity index (χ2v) is 8.13. The lowest BCUT2D eigenvalue weighted by Gasteiger charge is -2.35. The number of hydrogen-bond acceptors (Lipinski definition) is 6. The first-order valence-corrected chi connectivity index (χ1v) is 10.4. The fourth-order valence-corrected chi connectivity index (χ4v) is 4.67. The largest absolute Gasteiger partial charge is 0.418 e. The zero-order valence-corrected chi connectivity index (χ0v) is 16.4. The monoisotopic (exact) mass is 395 g/mol. The smallest absolute Gasteiger partial charge is 0.326 e. The van der Waals surface area contributed by atoms with E-state index in [9.17, 15) is 4.79 Å². The van der Waals surface area contributed by atoms with Crippen molar-refractivity contribution in [1.29, 1.82) is 0 Å². The van der Waals surface area contributed by atoms with Crippen LogP contribution in [0.25, 0.3) is 21.8 Å². The van der Waals surface area contributed by atoms with E-state index in [1.165, 1.54) is 0 Å². The van der Waals surface area contributed by atoms with Gasteiger partial charge in [0.1, 0.15) is 0 Å². The molecule has 0 radical (unpaired) electrons. The molecule has 0 aliphatic carbocycles. The van der Waals surface area contributed by atoms with Crippen LogP contribution in [0.2, 0.25) is 0 Å². The number of nitrogens with one attached hydrogen (secondary N) is 1. The lowest BCUT2D eigenvalue weighted by atomic mass is 10.0. The molecule has 1 aliphatic rings. The van der Waals surface area contributed by atoms with E-state index in [4.69, 9.17) is 4.42 Å². The Bertz CT molecular complexity index is 1130. The average Bonchev–Trinajstić information content (AvgIpc) is 3.46. The van der Waals surface area contributed by atoms with Gasteiger partial charge in [-0.15, -0.1) is 21.5 Å². The summed E-state index contributed by atoms with van der Waals surface area (Å²) >= 11 is 1.59. The molecular formula is C20H21N5O2S. The third-order valence-corrected chi connectivity index (χ3v) is 6.42. The number of para-hydroxylation sites is 2. The number of thiophene rings is 1. The number of imidazole rings is 1. The van der Waals surface area contributed by atoms with Crippen LogP contribution in [0.15, 0.2) is 51.0 Å². The molecule has 0 saturated carbocycles. The molecule has 4 heterocycles. The summed E-state index contributed by atoms with van der Waals surface area (Å²) in [5, 5.41) is 10.5. The summed E-state index contributed by atoms with van der Waals surface area (Å²) < 4.78 is 7.82. The molecule has 0 amide bonds. The molecule has 1 N–H and O–H groups in total. The molecule has 28 heavy (non-hydrogen) atoms. The van der Waals surface area contributed by atoms with E-state index in [1.54, 1.807) is 11.3 Å². The minimum Gasteiger partial charge on any atom is -0.418 e. The molecule has 1 fully saturated rings. The summed E-state index contributed by atoms with van der Waals surface area (Å²) in [4.78, 5) is 18.8. The normalized spacial score (nSPS) is 17.3. The van der Waals surface area contributed by atoms with Gasteiger partial charge in [-0.1, -0.05) is 18.2 Å². The summed E-state index contributed by atoms with van der Waals surface area (Å²) in [5.41, 5.74) is 1.86. The standard InChI is InChI=1S/C20H21N5O2S/c1-13(18-22-23-19(27-18)17-7-4-12-28-17)24-10-8-14(9-11-24)25-16-6-3-2-5-15(16)21-20(25)26/h2-7,12-14H,8-11H2,1H3,(H,21,26). The molecule has 1 saturated heterocycles. The number of aromatic nitrogens is 4. The predicted molar refractivity (Wildman–Crippen MR) is 108 cm³/mol. The van der Waals surface area contributed by atoms with Gasteiger partial charge in [-0.2, -0.15) is 0 Å². The Hall–Kier alpha value is -2.71. The molecular weight excluding hydrogens is 374 g/mol. The molecule has 1 aromatic carbocycles. The van der Waals surface area contributed by atoms with Crippen molar-refractivity contribution in [2.24, 2.45) is 0 Å². The van der Waals surface area contributed by atoms with Crippen molar-refractivity contribution in [2.45, 2.75) is 31.8 Å². The van der Waals surface area contributed by atoms with Crippen LogP contribution in [0.4, 0.5) is 0 Å². The maximum Gasteiger partial charge on any atom is 0.326 e. The minimum absolute atomic E-state index is 0.0230. The molecule has 144 valence electrons. The van der Waals surface area contributed by atoms with Crippen molar-refractivity contribution in [3.05, 3.63) is 58.2 Å². The van der Waals surface area contributed by atoms with Crippen molar-refractivity contribution in [3.63, 3.8) is 0 Å². The highest BCUT2D eigenvalue weighted by molar-refractivity contribution is 7.13. The first kappa shape index (κ1) is 17.4. The van der Waals surface area contributed by atoms with E-state index in [1.807, 2.05) is 46.3 Å². The molecule has 5 rings (SSSR count). The maximum atomic E-state index is 12.5. The van der Waals surface area contributed by atoms with Gasteiger partial charge in [0.25, 0.3) is 5.89 Å². The molecule has 4 aromatic rings. The van der Waals surface area contributed by atoms with E-state index in [0.717, 1.165) is 41.8 Å². The number of rotatable bonds is 4. The van der Waals surface area contributed by atoms with Crippen LogP contribution in [0.1, 0.15) is 37.7 Å². The summed E-state index contributed by atoms with van der Waals surface area (Å²) in [6.45, 7) is 3.87. The van der Waals surface area contributed by atoms with Crippen molar-refractivity contribution >= 4 is 22.4 Å². The van der Waals surface area contributed by atoms with Crippen molar-refractivity contribution in [2.75, 3.05) is 13.1 Å². The van der Waals surface area contributed by atoms with E-state index >= 15 is 0 Å². The van der Waals surface area contributed by atoms with E-state index in [-0.39, 0.29) is 17.8 Å². The van der Waals surface area contributed by atoms with Gasteiger partial charge < -0.3 is 9.40 Å². The van der Waals surface area contributed by atoms with Gasteiger partial charge in [-0.05, 0) is 43.3 Å². The molecule has 1 atom stereocenters. The highest BCUT2D eigenvalue weighted by Crippen LogP contribution is 2.31. The second-order valence-electron chi connectivity index (χ2n) is 7.18. The molecule has 3 aromatic heterocycles. The number of hydrogen-bond donors (Lipinski definition) is 1. The topological polar surface area (TPSA) is 79.9 Å². The molecule has 0 spiro atoms. The van der Waals surface area contributed by atoms with Crippen LogP contribution in [0, 0.1) is 0 Å². The number of H-pyrrole nitrogens is 1. The minimum atomic E-state index is -0.0230. The summed E-state index contributed by atoms with van der Waals surface area (Å²) in [5.74, 6) is 1.23. The Morgan fingerprint density at radius 2 is 2.00 bits per heavy atom. The van der Waals surface area contributed by atoms with Crippen LogP contribution in [0.5, 0.6) is 0 Å². The maximum absolute atomic E-state index is 12.5. The zero-order chi connectivity index (χ0) is 19.1. The fraction of sp³-hybridized carbons (Fsp3) is 0.350. The SMILES string of the molecule is CC(c1nnc(-c2cccs2)o1)N1CCC(n2c(=O)[nH]c3ccccc32)CC1. The summed E-state index contributed by atoms with van der Waals surface area (Å²) in [6, 6.07) is 12.1. The Labute approximate surface area is 165 Å². The van der Waals surface area contributed by atoms with Crippen LogP contribution >= 0.6 is 11.3 Å². The lowest BCUT2D eigenvalue weighted by molar-refractivity contribution is 0.127. The first-order valence-electron chi connectivity index (χ1n) is 9.51. The fourth-order valence-electron chi connectivity index (χ4n) is 4.03. The Balaban J connectivity index is 1.30. The first-order chi connectivity index (χ1) is 13.7. The molecule has 8 heteroatoms. The summed E-state index contributed by atoms with van der Waals surface area (Å²) in [6.07, 6.45) is 1.83. The van der Waals surface area contributed by atoms with Gasteiger partial charge in [0.15, 0.2) is 0 Å². The van der Waals surface area contributed by atoms with E-state index in [2.05, 4.69) is 27.0 Å². The number of fused-ring (bicyclic) bond motifs is 1. The third-order valence-electron chi connectivity index (χ3n) is 5.57. The zero-order valence-electron chi connectivity index (χ0n) is 15.5. The number of piperidine rings is 1. The second kappa shape index (κ2) is 7.03. The third kappa shape index (κ3) is 2.98. The Morgan fingerprint density at radius 3 is 2.79 bits per heavy atom. The number of aromatic amines is 1. The van der Waals surface area contributed by atoms with Crippen LogP contribution < -0.4 is 5.69 Å².